The molecule has 0 bridgehead atoms. The largest absolute Gasteiger partial charge is 0.352 e. The number of carbonyl (C=O) groups is 2. The molecule has 0 heterocycles. The summed E-state index contributed by atoms with van der Waals surface area (Å²) in [6, 6.07) is 24.2. The SMILES string of the molecule is C[C@H](C(=O)NC1CCCC1)N(CCc1ccccc1)C(=O)CN(c1ccc(I)cc1)S(=O)(=O)c1ccccc1. The van der Waals surface area contributed by atoms with Crippen LogP contribution in [0.2, 0.25) is 0 Å². The van der Waals surface area contributed by atoms with Crippen molar-refractivity contribution >= 4 is 50.1 Å². The quantitative estimate of drug-likeness (QED) is 0.294. The van der Waals surface area contributed by atoms with Gasteiger partial charge in [0.25, 0.3) is 10.0 Å². The minimum Gasteiger partial charge on any atom is -0.352 e. The molecule has 0 aromatic heterocycles. The van der Waals surface area contributed by atoms with Gasteiger partial charge in [0.05, 0.1) is 10.6 Å². The number of hydrogen-bond acceptors (Lipinski definition) is 4. The molecular formula is C30H34IN3O4S. The van der Waals surface area contributed by atoms with Gasteiger partial charge >= 0.3 is 0 Å². The molecule has 39 heavy (non-hydrogen) atoms. The molecule has 4 rings (SSSR count). The van der Waals surface area contributed by atoms with E-state index in [0.29, 0.717) is 12.1 Å². The van der Waals surface area contributed by atoms with E-state index in [9.17, 15) is 18.0 Å². The van der Waals surface area contributed by atoms with Crippen LogP contribution in [0.3, 0.4) is 0 Å². The Morgan fingerprint density at radius 3 is 2.13 bits per heavy atom. The summed E-state index contributed by atoms with van der Waals surface area (Å²) in [4.78, 5) is 28.8. The summed E-state index contributed by atoms with van der Waals surface area (Å²) < 4.78 is 29.6. The molecule has 0 radical (unpaired) electrons. The minimum atomic E-state index is -4.04. The average Bonchev–Trinajstić information content (AvgIpc) is 3.46. The molecule has 1 saturated carbocycles. The lowest BCUT2D eigenvalue weighted by molar-refractivity contribution is -0.139. The van der Waals surface area contributed by atoms with E-state index in [1.165, 1.54) is 17.0 Å². The summed E-state index contributed by atoms with van der Waals surface area (Å²) in [6.07, 6.45) is 4.58. The highest BCUT2D eigenvalue weighted by Gasteiger charge is 2.33. The number of nitrogens with zero attached hydrogens (tertiary/aromatic N) is 2. The van der Waals surface area contributed by atoms with Gasteiger partial charge in [-0.25, -0.2) is 8.42 Å². The second-order valence-corrected chi connectivity index (χ2v) is 12.9. The lowest BCUT2D eigenvalue weighted by Crippen LogP contribution is -2.53. The summed E-state index contributed by atoms with van der Waals surface area (Å²) in [6.45, 7) is 1.58. The number of anilines is 1. The molecule has 1 N–H and O–H groups in total. The third kappa shape index (κ3) is 7.60. The van der Waals surface area contributed by atoms with Crippen LogP contribution < -0.4 is 9.62 Å². The lowest BCUT2D eigenvalue weighted by Gasteiger charge is -2.32. The van der Waals surface area contributed by atoms with E-state index in [1.54, 1.807) is 49.4 Å². The van der Waals surface area contributed by atoms with E-state index >= 15 is 0 Å². The first-order chi connectivity index (χ1) is 18.8. The number of halogens is 1. The van der Waals surface area contributed by atoms with Crippen LogP contribution in [0.5, 0.6) is 0 Å². The van der Waals surface area contributed by atoms with Gasteiger partial charge in [0.1, 0.15) is 12.6 Å². The molecule has 0 saturated heterocycles. The van der Waals surface area contributed by atoms with Gasteiger partial charge in [-0.05, 0) is 90.7 Å². The maximum atomic E-state index is 13.9. The summed E-state index contributed by atoms with van der Waals surface area (Å²) in [5.41, 5.74) is 1.42. The molecule has 0 aliphatic heterocycles. The number of carbonyl (C=O) groups excluding carboxylic acids is 2. The standard InChI is InChI=1S/C30H34IN3O4S/c1-23(30(36)32-26-12-8-9-13-26)33(21-20-24-10-4-2-5-11-24)29(35)22-34(27-18-16-25(31)17-19-27)39(37,38)28-14-6-3-7-15-28/h2-7,10-11,14-19,23,26H,8-9,12-13,20-22H2,1H3,(H,32,36)/t23-/m1/s1. The van der Waals surface area contributed by atoms with Crippen LogP contribution >= 0.6 is 22.6 Å². The maximum absolute atomic E-state index is 13.9. The first-order valence-electron chi connectivity index (χ1n) is 13.2. The zero-order valence-corrected chi connectivity index (χ0v) is 25.0. The lowest BCUT2D eigenvalue weighted by atomic mass is 10.1. The maximum Gasteiger partial charge on any atom is 0.264 e. The number of rotatable bonds is 11. The van der Waals surface area contributed by atoms with Crippen molar-refractivity contribution in [2.75, 3.05) is 17.4 Å². The highest BCUT2D eigenvalue weighted by molar-refractivity contribution is 14.1. The Bertz CT molecular complexity index is 1350. The van der Waals surface area contributed by atoms with E-state index < -0.39 is 28.5 Å². The van der Waals surface area contributed by atoms with Gasteiger partial charge in [0.2, 0.25) is 11.8 Å². The Hall–Kier alpha value is -2.92. The van der Waals surface area contributed by atoms with Crippen LogP contribution in [0.4, 0.5) is 5.69 Å². The van der Waals surface area contributed by atoms with Gasteiger partial charge < -0.3 is 10.2 Å². The second kappa shape index (κ2) is 13.4. The normalized spacial score (nSPS) is 14.5. The topological polar surface area (TPSA) is 86.8 Å². The van der Waals surface area contributed by atoms with Gasteiger partial charge in [-0.2, -0.15) is 0 Å². The molecule has 3 aromatic rings. The van der Waals surface area contributed by atoms with Crippen molar-refractivity contribution in [1.82, 2.24) is 10.2 Å². The number of benzene rings is 3. The number of sulfonamides is 1. The molecule has 9 heteroatoms. The zero-order valence-electron chi connectivity index (χ0n) is 22.0. The van der Waals surface area contributed by atoms with Crippen LogP contribution in [-0.4, -0.2) is 50.3 Å². The van der Waals surface area contributed by atoms with Crippen molar-refractivity contribution in [1.29, 1.82) is 0 Å². The van der Waals surface area contributed by atoms with E-state index in [-0.39, 0.29) is 23.4 Å². The molecule has 1 fully saturated rings. The second-order valence-electron chi connectivity index (χ2n) is 9.79. The minimum absolute atomic E-state index is 0.0965. The highest BCUT2D eigenvalue weighted by atomic mass is 127. The van der Waals surface area contributed by atoms with Crippen LogP contribution in [-0.2, 0) is 26.0 Å². The Balaban J connectivity index is 1.62. The fourth-order valence-electron chi connectivity index (χ4n) is 4.82. The molecule has 206 valence electrons. The third-order valence-electron chi connectivity index (χ3n) is 7.08. The molecular weight excluding hydrogens is 625 g/mol. The summed E-state index contributed by atoms with van der Waals surface area (Å²) >= 11 is 2.15. The molecule has 2 amide bonds. The van der Waals surface area contributed by atoms with Gasteiger partial charge in [-0.15, -0.1) is 0 Å². The molecule has 7 nitrogen and oxygen atoms in total. The Morgan fingerprint density at radius 1 is 0.923 bits per heavy atom. The van der Waals surface area contributed by atoms with Crippen LogP contribution in [0.15, 0.2) is 89.8 Å². The first kappa shape index (κ1) is 29.1. The molecule has 1 aliphatic carbocycles. The van der Waals surface area contributed by atoms with Crippen molar-refractivity contribution < 1.29 is 18.0 Å². The zero-order chi connectivity index (χ0) is 27.8. The first-order valence-corrected chi connectivity index (χ1v) is 15.7. The number of hydrogen-bond donors (Lipinski definition) is 1. The molecule has 0 unspecified atom stereocenters. The predicted octanol–water partition coefficient (Wildman–Crippen LogP) is 5.01. The van der Waals surface area contributed by atoms with Crippen molar-refractivity contribution in [3.63, 3.8) is 0 Å². The van der Waals surface area contributed by atoms with Crippen molar-refractivity contribution in [3.8, 4) is 0 Å². The molecule has 1 aliphatic rings. The highest BCUT2D eigenvalue weighted by Crippen LogP contribution is 2.25. The van der Waals surface area contributed by atoms with Crippen LogP contribution in [0, 0.1) is 3.57 Å². The van der Waals surface area contributed by atoms with Gasteiger partial charge in [-0.1, -0.05) is 61.4 Å². The predicted molar refractivity (Wildman–Crippen MR) is 162 cm³/mol. The Kier molecular flexibility index (Phi) is 10.0. The van der Waals surface area contributed by atoms with Crippen LogP contribution in [0.25, 0.3) is 0 Å². The molecule has 0 spiro atoms. The number of amides is 2. The Morgan fingerprint density at radius 2 is 1.51 bits per heavy atom. The van der Waals surface area contributed by atoms with Crippen molar-refractivity contribution in [3.05, 3.63) is 94.1 Å². The molecule has 1 atom stereocenters. The van der Waals surface area contributed by atoms with E-state index in [2.05, 4.69) is 27.9 Å². The average molecular weight is 660 g/mol. The summed E-state index contributed by atoms with van der Waals surface area (Å²) in [5.74, 6) is -0.645. The van der Waals surface area contributed by atoms with E-state index in [1.807, 2.05) is 30.3 Å². The number of nitrogens with one attached hydrogen (secondary N) is 1. The monoisotopic (exact) mass is 659 g/mol. The van der Waals surface area contributed by atoms with Gasteiger partial charge in [0.15, 0.2) is 0 Å². The smallest absolute Gasteiger partial charge is 0.264 e. The van der Waals surface area contributed by atoms with E-state index in [0.717, 1.165) is 39.1 Å². The summed E-state index contributed by atoms with van der Waals surface area (Å²) in [7, 11) is -4.04. The van der Waals surface area contributed by atoms with Gasteiger partial charge in [-0.3, -0.25) is 13.9 Å². The molecule has 3 aromatic carbocycles. The third-order valence-corrected chi connectivity index (χ3v) is 9.58. The fraction of sp³-hybridized carbons (Fsp3) is 0.333. The van der Waals surface area contributed by atoms with Crippen LogP contribution in [0.1, 0.15) is 38.2 Å². The Labute approximate surface area is 244 Å². The van der Waals surface area contributed by atoms with Gasteiger partial charge in [0, 0.05) is 16.2 Å². The van der Waals surface area contributed by atoms with Crippen molar-refractivity contribution in [2.24, 2.45) is 0 Å². The fourth-order valence-corrected chi connectivity index (χ4v) is 6.61. The van der Waals surface area contributed by atoms with Crippen molar-refractivity contribution in [2.45, 2.75) is 56.0 Å². The summed E-state index contributed by atoms with van der Waals surface area (Å²) in [5, 5.41) is 3.09. The van der Waals surface area contributed by atoms with E-state index in [4.69, 9.17) is 0 Å².